The quantitative estimate of drug-likeness (QED) is 0.669. The second-order valence-corrected chi connectivity index (χ2v) is 8.42. The molecule has 0 saturated carbocycles. The van der Waals surface area contributed by atoms with Gasteiger partial charge in [0, 0.05) is 26.1 Å². The summed E-state index contributed by atoms with van der Waals surface area (Å²) in [6.07, 6.45) is 0.102. The predicted octanol–water partition coefficient (Wildman–Crippen LogP) is 2.86. The second-order valence-electron chi connectivity index (χ2n) is 8.42. The average molecular weight is 453 g/mol. The summed E-state index contributed by atoms with van der Waals surface area (Å²) in [6.45, 7) is 0.824. The molecular weight excluding hydrogens is 424 g/mol. The molecule has 8 nitrogen and oxygen atoms in total. The van der Waals surface area contributed by atoms with Gasteiger partial charge in [-0.1, -0.05) is 48.5 Å². The molecule has 1 heterocycles. The fraction of sp³-hybridized carbons (Fsp3) is 0.400. The van der Waals surface area contributed by atoms with Crippen molar-refractivity contribution in [1.82, 2.24) is 10.2 Å². The summed E-state index contributed by atoms with van der Waals surface area (Å²) in [6, 6.07) is 15.2. The van der Waals surface area contributed by atoms with Crippen LogP contribution < -0.4 is 5.32 Å². The summed E-state index contributed by atoms with van der Waals surface area (Å²) in [5, 5.41) is 11.8. The first kappa shape index (κ1) is 22.8. The lowest BCUT2D eigenvalue weighted by molar-refractivity contribution is -0.146. The van der Waals surface area contributed by atoms with Crippen molar-refractivity contribution < 1.29 is 29.0 Å². The molecule has 0 aromatic heterocycles. The minimum Gasteiger partial charge on any atom is -0.481 e. The minimum atomic E-state index is -0.896. The van der Waals surface area contributed by atoms with Gasteiger partial charge < -0.3 is 24.8 Å². The third-order valence-corrected chi connectivity index (χ3v) is 6.42. The van der Waals surface area contributed by atoms with Crippen LogP contribution in [0.25, 0.3) is 11.1 Å². The van der Waals surface area contributed by atoms with Gasteiger partial charge in [-0.2, -0.15) is 0 Å². The van der Waals surface area contributed by atoms with Crippen molar-refractivity contribution in [2.45, 2.75) is 24.8 Å². The van der Waals surface area contributed by atoms with Crippen LogP contribution in [0.15, 0.2) is 48.5 Å². The molecule has 2 aromatic carbocycles. The maximum Gasteiger partial charge on any atom is 0.407 e. The van der Waals surface area contributed by atoms with Crippen LogP contribution in [0.1, 0.15) is 29.9 Å². The van der Waals surface area contributed by atoms with Crippen LogP contribution in [-0.4, -0.2) is 67.4 Å². The number of alkyl carbamates (subject to hydrolysis) is 1. The van der Waals surface area contributed by atoms with Crippen LogP contribution in [0.5, 0.6) is 0 Å². The molecular formula is C25H28N2O6. The van der Waals surface area contributed by atoms with Gasteiger partial charge in [0.2, 0.25) is 5.91 Å². The van der Waals surface area contributed by atoms with Gasteiger partial charge in [0.15, 0.2) is 0 Å². The van der Waals surface area contributed by atoms with Gasteiger partial charge in [-0.25, -0.2) is 4.79 Å². The number of nitrogens with one attached hydrogen (secondary N) is 1. The third kappa shape index (κ3) is 4.85. The number of carboxylic acid groups (broad SMARTS) is 1. The Morgan fingerprint density at radius 2 is 1.61 bits per heavy atom. The fourth-order valence-electron chi connectivity index (χ4n) is 4.69. The molecule has 2 aliphatic rings. The molecule has 8 heteroatoms. The van der Waals surface area contributed by atoms with E-state index in [1.54, 1.807) is 4.90 Å². The highest BCUT2D eigenvalue weighted by Gasteiger charge is 2.33. The summed E-state index contributed by atoms with van der Waals surface area (Å²) < 4.78 is 10.7. The number of ether oxygens (including phenoxy) is 2. The number of rotatable bonds is 7. The summed E-state index contributed by atoms with van der Waals surface area (Å²) >= 11 is 0. The first-order chi connectivity index (χ1) is 16.0. The highest BCUT2D eigenvalue weighted by molar-refractivity contribution is 5.86. The van der Waals surface area contributed by atoms with Crippen LogP contribution >= 0.6 is 0 Å². The normalized spacial score (nSPS) is 16.6. The number of aliphatic carboxylic acids is 1. The highest BCUT2D eigenvalue weighted by Crippen LogP contribution is 2.44. The number of benzene rings is 2. The molecule has 1 atom stereocenters. The van der Waals surface area contributed by atoms with Gasteiger partial charge in [-0.05, 0) is 35.1 Å². The molecule has 2 aromatic rings. The monoisotopic (exact) mass is 452 g/mol. The Morgan fingerprint density at radius 1 is 1.03 bits per heavy atom. The molecule has 1 fully saturated rings. The highest BCUT2D eigenvalue weighted by atomic mass is 16.5. The fourth-order valence-corrected chi connectivity index (χ4v) is 4.69. The van der Waals surface area contributed by atoms with Gasteiger partial charge in [0.05, 0.1) is 12.5 Å². The number of carbonyl (C=O) groups is 3. The maximum atomic E-state index is 12.9. The molecule has 174 valence electrons. The summed E-state index contributed by atoms with van der Waals surface area (Å²) in [5.41, 5.74) is 4.49. The number of nitrogens with zero attached hydrogens (tertiary/aromatic N) is 1. The van der Waals surface area contributed by atoms with E-state index in [1.165, 1.54) is 7.11 Å². The lowest BCUT2D eigenvalue weighted by atomic mass is 9.96. The third-order valence-electron chi connectivity index (χ3n) is 6.42. The van der Waals surface area contributed by atoms with Crippen molar-refractivity contribution in [1.29, 1.82) is 0 Å². The molecule has 0 radical (unpaired) electrons. The summed E-state index contributed by atoms with van der Waals surface area (Å²) in [5.74, 6) is -1.65. The molecule has 1 saturated heterocycles. The molecule has 2 amide bonds. The number of carbonyl (C=O) groups excluding carboxylic acids is 2. The van der Waals surface area contributed by atoms with Gasteiger partial charge in [0.25, 0.3) is 0 Å². The largest absolute Gasteiger partial charge is 0.481 e. The van der Waals surface area contributed by atoms with E-state index in [2.05, 4.69) is 17.4 Å². The number of hydrogen-bond donors (Lipinski definition) is 2. The Hall–Kier alpha value is -3.39. The van der Waals surface area contributed by atoms with Crippen LogP contribution in [0.3, 0.4) is 0 Å². The maximum absolute atomic E-state index is 12.9. The Kier molecular flexibility index (Phi) is 6.93. The van der Waals surface area contributed by atoms with Crippen LogP contribution in [0.4, 0.5) is 4.79 Å². The van der Waals surface area contributed by atoms with Gasteiger partial charge in [-0.15, -0.1) is 0 Å². The van der Waals surface area contributed by atoms with E-state index >= 15 is 0 Å². The molecule has 4 rings (SSSR count). The SMILES string of the molecule is COC[C@H](NC(=O)OCC1c2ccccc2-c2ccccc21)C(=O)N1CCC(C(=O)O)CC1. The number of likely N-dealkylation sites (tertiary alicyclic amines) is 1. The van der Waals surface area contributed by atoms with E-state index in [1.807, 2.05) is 36.4 Å². The average Bonchev–Trinajstić information content (AvgIpc) is 3.16. The number of piperidine rings is 1. The predicted molar refractivity (Wildman–Crippen MR) is 121 cm³/mol. The molecule has 0 unspecified atom stereocenters. The van der Waals surface area contributed by atoms with E-state index in [-0.39, 0.29) is 25.0 Å². The van der Waals surface area contributed by atoms with Gasteiger partial charge in [-0.3, -0.25) is 9.59 Å². The number of methoxy groups -OCH3 is 1. The molecule has 0 bridgehead atoms. The summed E-state index contributed by atoms with van der Waals surface area (Å²) in [7, 11) is 1.45. The van der Waals surface area contributed by atoms with Crippen LogP contribution in [0, 0.1) is 5.92 Å². The van der Waals surface area contributed by atoms with E-state index in [0.29, 0.717) is 25.9 Å². The zero-order chi connectivity index (χ0) is 23.4. The van der Waals surface area contributed by atoms with Crippen molar-refractivity contribution in [3.8, 4) is 11.1 Å². The molecule has 0 spiro atoms. The van der Waals surface area contributed by atoms with Crippen molar-refractivity contribution >= 4 is 18.0 Å². The first-order valence-electron chi connectivity index (χ1n) is 11.1. The Bertz CT molecular complexity index is 986. The number of carboxylic acids is 1. The lowest BCUT2D eigenvalue weighted by Crippen LogP contribution is -2.53. The molecule has 2 N–H and O–H groups in total. The van der Waals surface area contributed by atoms with E-state index in [9.17, 15) is 14.4 Å². The number of fused-ring (bicyclic) bond motifs is 3. The van der Waals surface area contributed by atoms with E-state index < -0.39 is 24.0 Å². The van der Waals surface area contributed by atoms with Crippen molar-refractivity contribution in [2.24, 2.45) is 5.92 Å². The van der Waals surface area contributed by atoms with Crippen LogP contribution in [-0.2, 0) is 19.1 Å². The van der Waals surface area contributed by atoms with E-state index in [4.69, 9.17) is 14.6 Å². The minimum absolute atomic E-state index is 0.00187. The zero-order valence-electron chi connectivity index (χ0n) is 18.5. The molecule has 1 aliphatic carbocycles. The Balaban J connectivity index is 1.37. The molecule has 1 aliphatic heterocycles. The smallest absolute Gasteiger partial charge is 0.407 e. The van der Waals surface area contributed by atoms with Crippen LogP contribution in [0.2, 0.25) is 0 Å². The van der Waals surface area contributed by atoms with Crippen molar-refractivity contribution in [3.63, 3.8) is 0 Å². The van der Waals surface area contributed by atoms with Crippen molar-refractivity contribution in [3.05, 3.63) is 59.7 Å². The van der Waals surface area contributed by atoms with Crippen molar-refractivity contribution in [2.75, 3.05) is 33.4 Å². The number of amides is 2. The second kappa shape index (κ2) is 10.0. The van der Waals surface area contributed by atoms with E-state index in [0.717, 1.165) is 22.3 Å². The molecule has 33 heavy (non-hydrogen) atoms. The Morgan fingerprint density at radius 3 is 2.15 bits per heavy atom. The van der Waals surface area contributed by atoms with Gasteiger partial charge in [0.1, 0.15) is 12.6 Å². The van der Waals surface area contributed by atoms with Gasteiger partial charge >= 0.3 is 12.1 Å². The standard InChI is InChI=1S/C25H28N2O6/c1-32-15-22(23(28)27-12-10-16(11-13-27)24(29)30)26-25(31)33-14-21-19-8-4-2-6-17(19)18-7-3-5-9-20(18)21/h2-9,16,21-22H,10-15H2,1H3,(H,26,31)(H,29,30)/t22-/m0/s1. The summed E-state index contributed by atoms with van der Waals surface area (Å²) in [4.78, 5) is 38.2. The number of hydrogen-bond acceptors (Lipinski definition) is 5. The lowest BCUT2D eigenvalue weighted by Gasteiger charge is -2.32. The topological polar surface area (TPSA) is 105 Å². The first-order valence-corrected chi connectivity index (χ1v) is 11.1. The zero-order valence-corrected chi connectivity index (χ0v) is 18.5. The Labute approximate surface area is 192 Å².